The van der Waals surface area contributed by atoms with Crippen LogP contribution in [0.3, 0.4) is 0 Å². The standard InChI is InChI=1S/C40H25N3O2/c1-4-13-25(14-5-1)38-41-39(26-15-6-2-7-16-26)43-40(42-38)30-20-12-24-34-37(30)36-28(19-11-23-33(36)45-34)27-18-10-22-32-35(27)29-17-8-3-9-21-31(29)44-32/h1-20,22-24H,21H2. The highest BCUT2D eigenvalue weighted by Gasteiger charge is 2.22. The molecule has 0 saturated heterocycles. The minimum absolute atomic E-state index is 0.593. The van der Waals surface area contributed by atoms with Gasteiger partial charge in [-0.1, -0.05) is 121 Å². The van der Waals surface area contributed by atoms with Crippen molar-refractivity contribution in [3.8, 4) is 45.3 Å². The molecule has 0 unspecified atom stereocenters. The summed E-state index contributed by atoms with van der Waals surface area (Å²) >= 11 is 0. The predicted molar refractivity (Wildman–Crippen MR) is 180 cm³/mol. The van der Waals surface area contributed by atoms with Crippen LogP contribution in [0, 0.1) is 0 Å². The molecule has 0 amide bonds. The Labute approximate surface area is 258 Å². The second-order valence-corrected chi connectivity index (χ2v) is 11.1. The molecule has 3 heterocycles. The Morgan fingerprint density at radius 2 is 0.978 bits per heavy atom. The van der Waals surface area contributed by atoms with E-state index in [1.165, 1.54) is 0 Å². The Bertz CT molecular complexity index is 2390. The van der Waals surface area contributed by atoms with Gasteiger partial charge in [-0.15, -0.1) is 0 Å². The van der Waals surface area contributed by atoms with E-state index in [1.54, 1.807) is 0 Å². The van der Waals surface area contributed by atoms with Crippen molar-refractivity contribution in [3.63, 3.8) is 0 Å². The topological polar surface area (TPSA) is 65.0 Å². The van der Waals surface area contributed by atoms with Gasteiger partial charge in [0.2, 0.25) is 0 Å². The molecule has 0 saturated carbocycles. The highest BCUT2D eigenvalue weighted by molar-refractivity contribution is 6.19. The predicted octanol–water partition coefficient (Wildman–Crippen LogP) is 10.3. The SMILES string of the molecule is C1=CCc2oc3cccc(-c4cccc5oc6cccc(-c7nc(-c8ccccc8)nc(-c8ccccc8)n7)c6c45)c3c2C=C1. The third-order valence-electron chi connectivity index (χ3n) is 8.40. The minimum Gasteiger partial charge on any atom is -0.460 e. The molecule has 1 aliphatic rings. The first-order valence-corrected chi connectivity index (χ1v) is 15.0. The first-order chi connectivity index (χ1) is 22.3. The van der Waals surface area contributed by atoms with Gasteiger partial charge in [0.25, 0.3) is 0 Å². The van der Waals surface area contributed by atoms with Crippen LogP contribution < -0.4 is 0 Å². The van der Waals surface area contributed by atoms with Gasteiger partial charge >= 0.3 is 0 Å². The summed E-state index contributed by atoms with van der Waals surface area (Å²) in [4.78, 5) is 15.0. The number of hydrogen-bond acceptors (Lipinski definition) is 5. The van der Waals surface area contributed by atoms with E-state index in [0.717, 1.165) is 78.5 Å². The molecule has 1 aliphatic carbocycles. The van der Waals surface area contributed by atoms with E-state index >= 15 is 0 Å². The van der Waals surface area contributed by atoms with Crippen LogP contribution in [0.15, 0.2) is 142 Å². The average Bonchev–Trinajstić information content (AvgIpc) is 3.58. The van der Waals surface area contributed by atoms with E-state index in [1.807, 2.05) is 84.9 Å². The number of furan rings is 2. The molecule has 0 radical (unpaired) electrons. The van der Waals surface area contributed by atoms with Crippen LogP contribution >= 0.6 is 0 Å². The lowest BCUT2D eigenvalue weighted by Crippen LogP contribution is -2.00. The van der Waals surface area contributed by atoms with Gasteiger partial charge in [0.1, 0.15) is 22.5 Å². The lowest BCUT2D eigenvalue weighted by molar-refractivity contribution is 0.564. The fraction of sp³-hybridized carbons (Fsp3) is 0.0250. The molecule has 5 heteroatoms. The molecular weight excluding hydrogens is 554 g/mol. The number of rotatable bonds is 4. The van der Waals surface area contributed by atoms with Crippen molar-refractivity contribution in [2.24, 2.45) is 0 Å². The van der Waals surface area contributed by atoms with Crippen molar-refractivity contribution in [1.82, 2.24) is 15.0 Å². The molecule has 0 fully saturated rings. The smallest absolute Gasteiger partial charge is 0.164 e. The maximum Gasteiger partial charge on any atom is 0.164 e. The van der Waals surface area contributed by atoms with Crippen LogP contribution in [0.25, 0.3) is 84.3 Å². The zero-order chi connectivity index (χ0) is 29.7. The van der Waals surface area contributed by atoms with Crippen LogP contribution in [0.4, 0.5) is 0 Å². The van der Waals surface area contributed by atoms with Crippen LogP contribution in [0.5, 0.6) is 0 Å². The van der Waals surface area contributed by atoms with Crippen molar-refractivity contribution in [1.29, 1.82) is 0 Å². The molecule has 3 aromatic heterocycles. The fourth-order valence-electron chi connectivity index (χ4n) is 6.39. The van der Waals surface area contributed by atoms with Crippen molar-refractivity contribution >= 4 is 39.0 Å². The van der Waals surface area contributed by atoms with E-state index in [0.29, 0.717) is 17.5 Å². The molecular formula is C40H25N3O2. The fourth-order valence-corrected chi connectivity index (χ4v) is 6.39. The van der Waals surface area contributed by atoms with E-state index in [9.17, 15) is 0 Å². The minimum atomic E-state index is 0.593. The molecule has 0 atom stereocenters. The maximum absolute atomic E-state index is 6.51. The Balaban J connectivity index is 1.34. The van der Waals surface area contributed by atoms with E-state index < -0.39 is 0 Å². The largest absolute Gasteiger partial charge is 0.460 e. The monoisotopic (exact) mass is 579 g/mol. The summed E-state index contributed by atoms with van der Waals surface area (Å²) in [6, 6.07) is 38.7. The highest BCUT2D eigenvalue weighted by Crippen LogP contribution is 2.44. The van der Waals surface area contributed by atoms with Crippen molar-refractivity contribution in [3.05, 3.63) is 145 Å². The number of benzene rings is 5. The van der Waals surface area contributed by atoms with Crippen molar-refractivity contribution in [2.75, 3.05) is 0 Å². The second-order valence-electron chi connectivity index (χ2n) is 11.1. The third kappa shape index (κ3) is 4.20. The summed E-state index contributed by atoms with van der Waals surface area (Å²) in [6.07, 6.45) is 9.19. The molecule has 0 spiro atoms. The van der Waals surface area contributed by atoms with Crippen LogP contribution in [-0.2, 0) is 6.42 Å². The normalized spacial score (nSPS) is 12.6. The Morgan fingerprint density at radius 3 is 1.62 bits per heavy atom. The van der Waals surface area contributed by atoms with Crippen molar-refractivity contribution < 1.29 is 8.83 Å². The Kier molecular flexibility index (Phi) is 5.81. The number of hydrogen-bond donors (Lipinski definition) is 0. The number of aromatic nitrogens is 3. The summed E-state index contributed by atoms with van der Waals surface area (Å²) < 4.78 is 12.9. The molecule has 0 N–H and O–H groups in total. The number of fused-ring (bicyclic) bond motifs is 6. The van der Waals surface area contributed by atoms with E-state index in [4.69, 9.17) is 23.8 Å². The van der Waals surface area contributed by atoms with Gasteiger partial charge in [0.15, 0.2) is 17.5 Å². The molecule has 212 valence electrons. The van der Waals surface area contributed by atoms with Gasteiger partial charge < -0.3 is 8.83 Å². The molecule has 5 nitrogen and oxygen atoms in total. The molecule has 8 aromatic rings. The summed E-state index contributed by atoms with van der Waals surface area (Å²) in [5.74, 6) is 2.81. The quantitative estimate of drug-likeness (QED) is 0.208. The van der Waals surface area contributed by atoms with Gasteiger partial charge in [-0.05, 0) is 29.3 Å². The van der Waals surface area contributed by atoms with Crippen LogP contribution in [-0.4, -0.2) is 15.0 Å². The second kappa shape index (κ2) is 10.3. The van der Waals surface area contributed by atoms with Gasteiger partial charge in [-0.25, -0.2) is 15.0 Å². The van der Waals surface area contributed by atoms with Crippen LogP contribution in [0.2, 0.25) is 0 Å². The lowest BCUT2D eigenvalue weighted by atomic mass is 9.93. The maximum atomic E-state index is 6.51. The Hall–Kier alpha value is -6.07. The Morgan fingerprint density at radius 1 is 0.444 bits per heavy atom. The first-order valence-electron chi connectivity index (χ1n) is 15.0. The summed E-state index contributed by atoms with van der Waals surface area (Å²) in [5.41, 5.74) is 8.48. The number of allylic oxidation sites excluding steroid dienone is 3. The molecule has 0 bridgehead atoms. The summed E-state index contributed by atoms with van der Waals surface area (Å²) in [6.45, 7) is 0. The highest BCUT2D eigenvalue weighted by atomic mass is 16.3. The van der Waals surface area contributed by atoms with Gasteiger partial charge in [0.05, 0.1) is 0 Å². The van der Waals surface area contributed by atoms with Crippen LogP contribution in [0.1, 0.15) is 11.3 Å². The van der Waals surface area contributed by atoms with Crippen molar-refractivity contribution in [2.45, 2.75) is 6.42 Å². The third-order valence-corrected chi connectivity index (χ3v) is 8.40. The van der Waals surface area contributed by atoms with Gasteiger partial charge in [0, 0.05) is 44.8 Å². The zero-order valence-electron chi connectivity index (χ0n) is 24.1. The number of nitrogens with zero attached hydrogens (tertiary/aromatic N) is 3. The van der Waals surface area contributed by atoms with Gasteiger partial charge in [-0.2, -0.15) is 0 Å². The zero-order valence-corrected chi connectivity index (χ0v) is 24.1. The molecule has 0 aliphatic heterocycles. The molecule has 45 heavy (non-hydrogen) atoms. The van der Waals surface area contributed by atoms with Gasteiger partial charge in [-0.3, -0.25) is 0 Å². The first kappa shape index (κ1) is 25.4. The van der Waals surface area contributed by atoms with E-state index in [-0.39, 0.29) is 0 Å². The molecule has 5 aromatic carbocycles. The lowest BCUT2D eigenvalue weighted by Gasteiger charge is -2.10. The molecule has 9 rings (SSSR count). The average molecular weight is 580 g/mol. The summed E-state index contributed by atoms with van der Waals surface area (Å²) in [5, 5.41) is 3.09. The van der Waals surface area contributed by atoms with E-state index in [2.05, 4.69) is 54.6 Å². The summed E-state index contributed by atoms with van der Waals surface area (Å²) in [7, 11) is 0.